The fraction of sp³-hybridized carbons (Fsp3) is 0.571. The highest BCUT2D eigenvalue weighted by Crippen LogP contribution is 2.28. The topological polar surface area (TPSA) is 53.0 Å². The van der Waals surface area contributed by atoms with Crippen molar-refractivity contribution in [3.8, 4) is 11.5 Å². The van der Waals surface area contributed by atoms with Crippen molar-refractivity contribution >= 4 is 12.0 Å². The normalized spacial score (nSPS) is 20.5. The summed E-state index contributed by atoms with van der Waals surface area (Å²) in [6.45, 7) is 3.90. The number of hydrogen-bond donors (Lipinski definition) is 1. The van der Waals surface area contributed by atoms with Crippen LogP contribution in [-0.2, 0) is 4.79 Å². The Morgan fingerprint density at radius 1 is 1.23 bits per heavy atom. The molecule has 1 saturated carbocycles. The Morgan fingerprint density at radius 2 is 1.92 bits per heavy atom. The van der Waals surface area contributed by atoms with E-state index in [1.807, 2.05) is 19.0 Å². The summed E-state index contributed by atoms with van der Waals surface area (Å²) in [6, 6.07) is 5.41. The molecule has 1 aliphatic rings. The van der Waals surface area contributed by atoms with Gasteiger partial charge in [0.25, 0.3) is 0 Å². The van der Waals surface area contributed by atoms with Crippen molar-refractivity contribution in [2.75, 3.05) is 34.3 Å². The maximum atomic E-state index is 12.9. The smallest absolute Gasteiger partial charge is 0.246 e. The number of likely N-dealkylation sites (N-methyl/N-ethyl adjacent to an activating group) is 1. The maximum absolute atomic E-state index is 12.9. The van der Waals surface area contributed by atoms with E-state index >= 15 is 0 Å². The second-order valence-corrected chi connectivity index (χ2v) is 7.51. The van der Waals surface area contributed by atoms with Crippen LogP contribution in [0.3, 0.4) is 0 Å². The zero-order valence-electron chi connectivity index (χ0n) is 16.4. The number of carbonyl (C=O) groups excluding carboxylic acids is 1. The molecule has 1 aromatic rings. The molecule has 5 nitrogen and oxygen atoms in total. The van der Waals surface area contributed by atoms with Gasteiger partial charge in [-0.1, -0.05) is 13.0 Å². The van der Waals surface area contributed by atoms with Crippen LogP contribution in [0.15, 0.2) is 24.3 Å². The highest BCUT2D eigenvalue weighted by Gasteiger charge is 2.26. The number of aromatic hydroxyl groups is 1. The lowest BCUT2D eigenvalue weighted by Crippen LogP contribution is -2.44. The molecule has 0 bridgehead atoms. The summed E-state index contributed by atoms with van der Waals surface area (Å²) < 4.78 is 5.13. The molecule has 1 fully saturated rings. The molecule has 0 heterocycles. The lowest BCUT2D eigenvalue weighted by atomic mass is 9.86. The third-order valence-electron chi connectivity index (χ3n) is 5.12. The standard InChI is InChI=1S/C21H32N2O3/c1-16-5-9-18(10-6-16)23(14-13-22(2)3)21(25)12-8-17-7-11-19(24)20(15-17)26-4/h7-8,11-12,15-16,18,24H,5-6,9-10,13-14H2,1-4H3. The van der Waals surface area contributed by atoms with Crippen LogP contribution in [0.5, 0.6) is 11.5 Å². The molecule has 1 aliphatic carbocycles. The van der Waals surface area contributed by atoms with Gasteiger partial charge in [0, 0.05) is 25.2 Å². The van der Waals surface area contributed by atoms with E-state index in [0.717, 1.165) is 37.4 Å². The molecule has 0 aliphatic heterocycles. The van der Waals surface area contributed by atoms with Crippen molar-refractivity contribution in [3.63, 3.8) is 0 Å². The number of phenolic OH excluding ortho intramolecular Hbond substituents is 1. The van der Waals surface area contributed by atoms with Gasteiger partial charge < -0.3 is 19.6 Å². The molecule has 0 atom stereocenters. The quantitative estimate of drug-likeness (QED) is 0.758. The lowest BCUT2D eigenvalue weighted by molar-refractivity contribution is -0.129. The van der Waals surface area contributed by atoms with Crippen molar-refractivity contribution < 1.29 is 14.6 Å². The number of methoxy groups -OCH3 is 1. The summed E-state index contributed by atoms with van der Waals surface area (Å²) >= 11 is 0. The number of phenols is 1. The number of amides is 1. The van der Waals surface area contributed by atoms with E-state index < -0.39 is 0 Å². The van der Waals surface area contributed by atoms with Gasteiger partial charge in [-0.05, 0) is 69.5 Å². The monoisotopic (exact) mass is 360 g/mol. The predicted octanol–water partition coefficient (Wildman–Crippen LogP) is 3.38. The van der Waals surface area contributed by atoms with Crippen molar-refractivity contribution in [3.05, 3.63) is 29.8 Å². The highest BCUT2D eigenvalue weighted by molar-refractivity contribution is 5.92. The second kappa shape index (κ2) is 9.62. The van der Waals surface area contributed by atoms with Crippen molar-refractivity contribution in [2.45, 2.75) is 38.6 Å². The Hall–Kier alpha value is -2.01. The first kappa shape index (κ1) is 20.3. The van der Waals surface area contributed by atoms with E-state index in [0.29, 0.717) is 11.8 Å². The molecule has 0 unspecified atom stereocenters. The summed E-state index contributed by atoms with van der Waals surface area (Å²) in [5.74, 6) is 1.32. The number of rotatable bonds is 7. The molecule has 1 aromatic carbocycles. The third-order valence-corrected chi connectivity index (χ3v) is 5.12. The first-order valence-corrected chi connectivity index (χ1v) is 9.41. The van der Waals surface area contributed by atoms with Crippen LogP contribution in [0.25, 0.3) is 6.08 Å². The van der Waals surface area contributed by atoms with E-state index in [1.165, 1.54) is 20.0 Å². The lowest BCUT2D eigenvalue weighted by Gasteiger charge is -2.36. The van der Waals surface area contributed by atoms with Gasteiger partial charge in [0.2, 0.25) is 5.91 Å². The van der Waals surface area contributed by atoms with Gasteiger partial charge in [0.15, 0.2) is 11.5 Å². The first-order chi connectivity index (χ1) is 12.4. The molecular formula is C21H32N2O3. The molecule has 0 radical (unpaired) electrons. The van der Waals surface area contributed by atoms with E-state index in [9.17, 15) is 9.90 Å². The molecule has 0 spiro atoms. The average molecular weight is 360 g/mol. The minimum absolute atomic E-state index is 0.0541. The number of carbonyl (C=O) groups is 1. The Morgan fingerprint density at radius 3 is 2.54 bits per heavy atom. The van der Waals surface area contributed by atoms with Crippen LogP contribution in [0.2, 0.25) is 0 Å². The van der Waals surface area contributed by atoms with Crippen molar-refractivity contribution in [2.24, 2.45) is 5.92 Å². The fourth-order valence-electron chi connectivity index (χ4n) is 3.40. The summed E-state index contributed by atoms with van der Waals surface area (Å²) in [5, 5.41) is 9.69. The molecule has 5 heteroatoms. The SMILES string of the molecule is COc1cc(C=CC(=O)N(CCN(C)C)C2CCC(C)CC2)ccc1O. The molecule has 1 amide bonds. The number of nitrogens with zero attached hydrogens (tertiary/aromatic N) is 2. The first-order valence-electron chi connectivity index (χ1n) is 9.41. The zero-order valence-corrected chi connectivity index (χ0v) is 16.4. The Labute approximate surface area is 157 Å². The largest absolute Gasteiger partial charge is 0.504 e. The molecule has 1 N–H and O–H groups in total. The summed E-state index contributed by atoms with van der Waals surface area (Å²) in [4.78, 5) is 17.0. The van der Waals surface area contributed by atoms with Gasteiger partial charge >= 0.3 is 0 Å². The molecule has 144 valence electrons. The van der Waals surface area contributed by atoms with Crippen LogP contribution < -0.4 is 4.74 Å². The predicted molar refractivity (Wildman–Crippen MR) is 105 cm³/mol. The van der Waals surface area contributed by atoms with Gasteiger partial charge in [-0.15, -0.1) is 0 Å². The third kappa shape index (κ3) is 5.77. The number of hydrogen-bond acceptors (Lipinski definition) is 4. The molecule has 2 rings (SSSR count). The van der Waals surface area contributed by atoms with Gasteiger partial charge in [0.05, 0.1) is 7.11 Å². The van der Waals surface area contributed by atoms with E-state index in [2.05, 4.69) is 11.8 Å². The van der Waals surface area contributed by atoms with Crippen molar-refractivity contribution in [1.29, 1.82) is 0 Å². The van der Waals surface area contributed by atoms with E-state index in [4.69, 9.17) is 4.74 Å². The van der Waals surface area contributed by atoms with Crippen LogP contribution in [0.4, 0.5) is 0 Å². The van der Waals surface area contributed by atoms with E-state index in [1.54, 1.807) is 30.4 Å². The summed E-state index contributed by atoms with van der Waals surface area (Å²) in [7, 11) is 5.58. The molecule has 26 heavy (non-hydrogen) atoms. The molecular weight excluding hydrogens is 328 g/mol. The van der Waals surface area contributed by atoms with Gasteiger partial charge in [0.1, 0.15) is 0 Å². The minimum atomic E-state index is 0.0541. The molecule has 0 saturated heterocycles. The van der Waals surface area contributed by atoms with E-state index in [-0.39, 0.29) is 11.7 Å². The number of ether oxygens (including phenoxy) is 1. The Bertz CT molecular complexity index is 620. The second-order valence-electron chi connectivity index (χ2n) is 7.51. The Balaban J connectivity index is 2.09. The van der Waals surface area contributed by atoms with Gasteiger partial charge in [-0.3, -0.25) is 4.79 Å². The Kier molecular flexibility index (Phi) is 7.51. The van der Waals surface area contributed by atoms with Crippen LogP contribution in [0.1, 0.15) is 38.2 Å². The molecule has 0 aromatic heterocycles. The maximum Gasteiger partial charge on any atom is 0.246 e. The van der Waals surface area contributed by atoms with Crippen LogP contribution in [-0.4, -0.2) is 61.2 Å². The minimum Gasteiger partial charge on any atom is -0.504 e. The van der Waals surface area contributed by atoms with Crippen molar-refractivity contribution in [1.82, 2.24) is 9.80 Å². The number of benzene rings is 1. The fourth-order valence-corrected chi connectivity index (χ4v) is 3.40. The average Bonchev–Trinajstić information content (AvgIpc) is 2.62. The van der Waals surface area contributed by atoms with Crippen LogP contribution >= 0.6 is 0 Å². The van der Waals surface area contributed by atoms with Gasteiger partial charge in [-0.2, -0.15) is 0 Å². The summed E-state index contributed by atoms with van der Waals surface area (Å²) in [5.41, 5.74) is 0.831. The zero-order chi connectivity index (χ0) is 19.1. The van der Waals surface area contributed by atoms with Crippen LogP contribution in [0, 0.1) is 5.92 Å². The van der Waals surface area contributed by atoms with Gasteiger partial charge in [-0.25, -0.2) is 0 Å². The summed E-state index contributed by atoms with van der Waals surface area (Å²) in [6.07, 6.45) is 7.98. The highest BCUT2D eigenvalue weighted by atomic mass is 16.5.